The number of aliphatic hydroxyl groups excluding tert-OH is 1. The molecule has 2 aromatic rings. The second kappa shape index (κ2) is 5.43. The summed E-state index contributed by atoms with van der Waals surface area (Å²) < 4.78 is 19.3. The zero-order valence-electron chi connectivity index (χ0n) is 10.8. The van der Waals surface area contributed by atoms with Gasteiger partial charge in [-0.1, -0.05) is 17.7 Å². The molecule has 2 nitrogen and oxygen atoms in total. The Morgan fingerprint density at radius 2 is 2.05 bits per heavy atom. The molecular weight excluding hydrogens is 279 g/mol. The molecule has 1 N–H and O–H groups in total. The molecule has 0 aromatic heterocycles. The van der Waals surface area contributed by atoms with Crippen molar-refractivity contribution in [2.75, 3.05) is 6.61 Å². The Kier molecular flexibility index (Phi) is 3.64. The van der Waals surface area contributed by atoms with Gasteiger partial charge in [-0.3, -0.25) is 0 Å². The molecule has 1 aliphatic heterocycles. The molecule has 0 amide bonds. The third kappa shape index (κ3) is 2.51. The first-order valence-corrected chi connectivity index (χ1v) is 6.91. The summed E-state index contributed by atoms with van der Waals surface area (Å²) in [5, 5.41) is 10.8. The van der Waals surface area contributed by atoms with Gasteiger partial charge in [0, 0.05) is 10.6 Å². The molecule has 0 spiro atoms. The van der Waals surface area contributed by atoms with Crippen LogP contribution >= 0.6 is 11.6 Å². The molecule has 2 aromatic carbocycles. The molecule has 4 heteroatoms. The highest BCUT2D eigenvalue weighted by atomic mass is 35.5. The maximum absolute atomic E-state index is 13.8. The number of benzene rings is 2. The number of hydrogen-bond donors (Lipinski definition) is 1. The normalized spacial score (nSPS) is 15.3. The third-order valence-corrected chi connectivity index (χ3v) is 3.74. The molecule has 0 fully saturated rings. The smallest absolute Gasteiger partial charge is 0.129 e. The van der Waals surface area contributed by atoms with Crippen LogP contribution in [0, 0.1) is 5.82 Å². The molecule has 1 aliphatic rings. The van der Waals surface area contributed by atoms with Crippen molar-refractivity contribution in [2.24, 2.45) is 0 Å². The van der Waals surface area contributed by atoms with Crippen LogP contribution in [0.2, 0.25) is 5.02 Å². The average Bonchev–Trinajstić information content (AvgIpc) is 2.48. The maximum atomic E-state index is 13.8. The highest BCUT2D eigenvalue weighted by Crippen LogP contribution is 2.31. The fourth-order valence-electron chi connectivity index (χ4n) is 2.45. The van der Waals surface area contributed by atoms with Crippen molar-refractivity contribution in [3.05, 3.63) is 63.9 Å². The van der Waals surface area contributed by atoms with Gasteiger partial charge in [0.05, 0.1) is 6.61 Å². The summed E-state index contributed by atoms with van der Waals surface area (Å²) in [6.45, 7) is 0.720. The third-order valence-electron chi connectivity index (χ3n) is 3.50. The summed E-state index contributed by atoms with van der Waals surface area (Å²) in [5.41, 5.74) is 1.89. The lowest BCUT2D eigenvalue weighted by Crippen LogP contribution is -2.10. The molecular formula is C16H14ClFO2. The number of aryl methyl sites for hydroxylation is 1. The van der Waals surface area contributed by atoms with E-state index in [1.807, 2.05) is 12.1 Å². The molecule has 1 heterocycles. The first-order chi connectivity index (χ1) is 9.65. The van der Waals surface area contributed by atoms with Crippen LogP contribution in [0.3, 0.4) is 0 Å². The number of hydrogen-bond acceptors (Lipinski definition) is 2. The monoisotopic (exact) mass is 292 g/mol. The molecule has 104 valence electrons. The fraction of sp³-hybridized carbons (Fsp3) is 0.250. The summed E-state index contributed by atoms with van der Waals surface area (Å²) in [7, 11) is 0. The van der Waals surface area contributed by atoms with E-state index in [2.05, 4.69) is 0 Å². The van der Waals surface area contributed by atoms with Gasteiger partial charge in [0.25, 0.3) is 0 Å². The van der Waals surface area contributed by atoms with E-state index in [4.69, 9.17) is 16.3 Å². The highest BCUT2D eigenvalue weighted by Gasteiger charge is 2.18. The first-order valence-electron chi connectivity index (χ1n) is 6.54. The van der Waals surface area contributed by atoms with Gasteiger partial charge in [-0.2, -0.15) is 0 Å². The van der Waals surface area contributed by atoms with Crippen molar-refractivity contribution in [1.82, 2.24) is 0 Å². The van der Waals surface area contributed by atoms with Crippen LogP contribution in [0.15, 0.2) is 36.4 Å². The van der Waals surface area contributed by atoms with Gasteiger partial charge >= 0.3 is 0 Å². The molecule has 0 saturated heterocycles. The van der Waals surface area contributed by atoms with E-state index in [-0.39, 0.29) is 5.56 Å². The number of aliphatic hydroxyl groups is 1. The summed E-state index contributed by atoms with van der Waals surface area (Å²) in [5.74, 6) is 0.384. The van der Waals surface area contributed by atoms with Gasteiger partial charge in [-0.15, -0.1) is 0 Å². The number of ether oxygens (including phenoxy) is 1. The van der Waals surface area contributed by atoms with Gasteiger partial charge < -0.3 is 9.84 Å². The van der Waals surface area contributed by atoms with E-state index in [0.29, 0.717) is 10.6 Å². The Hall–Kier alpha value is -1.58. The Labute approximate surface area is 121 Å². The van der Waals surface area contributed by atoms with E-state index in [1.165, 1.54) is 18.2 Å². The predicted octanol–water partition coefficient (Wildman–Crippen LogP) is 3.89. The lowest BCUT2D eigenvalue weighted by atomic mass is 9.96. The van der Waals surface area contributed by atoms with Crippen LogP contribution in [0.5, 0.6) is 5.75 Å². The summed E-state index contributed by atoms with van der Waals surface area (Å²) in [4.78, 5) is 0. The molecule has 0 radical (unpaired) electrons. The lowest BCUT2D eigenvalue weighted by molar-refractivity contribution is 0.214. The molecule has 0 bridgehead atoms. The van der Waals surface area contributed by atoms with Crippen molar-refractivity contribution >= 4 is 11.6 Å². The number of fused-ring (bicyclic) bond motifs is 1. The molecule has 0 saturated carbocycles. The fourth-order valence-corrected chi connectivity index (χ4v) is 2.63. The Morgan fingerprint density at radius 3 is 2.90 bits per heavy atom. The zero-order chi connectivity index (χ0) is 14.1. The average molecular weight is 293 g/mol. The second-order valence-corrected chi connectivity index (χ2v) is 5.32. The van der Waals surface area contributed by atoms with E-state index in [1.54, 1.807) is 6.07 Å². The first kappa shape index (κ1) is 13.4. The van der Waals surface area contributed by atoms with Crippen molar-refractivity contribution in [3.8, 4) is 5.75 Å². The number of halogens is 2. The van der Waals surface area contributed by atoms with Gasteiger partial charge in [0.2, 0.25) is 0 Å². The summed E-state index contributed by atoms with van der Waals surface area (Å²) in [6.07, 6.45) is 0.840. The minimum absolute atomic E-state index is 0.189. The minimum atomic E-state index is -1.03. The maximum Gasteiger partial charge on any atom is 0.129 e. The Morgan fingerprint density at radius 1 is 1.20 bits per heavy atom. The van der Waals surface area contributed by atoms with Crippen LogP contribution in [-0.2, 0) is 6.42 Å². The Bertz CT molecular complexity index is 642. The Balaban J connectivity index is 1.97. The molecule has 20 heavy (non-hydrogen) atoms. The summed E-state index contributed by atoms with van der Waals surface area (Å²) in [6, 6.07) is 9.65. The van der Waals surface area contributed by atoms with Crippen LogP contribution in [-0.4, -0.2) is 11.7 Å². The van der Waals surface area contributed by atoms with Crippen LogP contribution in [0.4, 0.5) is 4.39 Å². The van der Waals surface area contributed by atoms with Crippen molar-refractivity contribution in [3.63, 3.8) is 0 Å². The van der Waals surface area contributed by atoms with Crippen LogP contribution in [0.1, 0.15) is 29.2 Å². The summed E-state index contributed by atoms with van der Waals surface area (Å²) >= 11 is 5.87. The van der Waals surface area contributed by atoms with Gasteiger partial charge in [0.1, 0.15) is 17.7 Å². The zero-order valence-corrected chi connectivity index (χ0v) is 11.5. The predicted molar refractivity (Wildman–Crippen MR) is 75.7 cm³/mol. The van der Waals surface area contributed by atoms with Crippen molar-refractivity contribution < 1.29 is 14.2 Å². The van der Waals surface area contributed by atoms with E-state index < -0.39 is 11.9 Å². The van der Waals surface area contributed by atoms with Gasteiger partial charge in [-0.25, -0.2) is 4.39 Å². The van der Waals surface area contributed by atoms with E-state index in [0.717, 1.165) is 30.8 Å². The molecule has 0 aliphatic carbocycles. The molecule has 1 atom stereocenters. The van der Waals surface area contributed by atoms with Gasteiger partial charge in [-0.05, 0) is 54.3 Å². The van der Waals surface area contributed by atoms with Gasteiger partial charge in [0.15, 0.2) is 0 Å². The van der Waals surface area contributed by atoms with Crippen molar-refractivity contribution in [1.29, 1.82) is 0 Å². The van der Waals surface area contributed by atoms with Crippen LogP contribution in [0.25, 0.3) is 0 Å². The van der Waals surface area contributed by atoms with Crippen LogP contribution < -0.4 is 4.74 Å². The number of rotatable bonds is 2. The standard InChI is InChI=1S/C16H14ClFO2/c17-12-4-5-14(18)13(9-12)16(19)11-3-6-15-10(8-11)2-1-7-20-15/h3-6,8-9,16,19H,1-2,7H2. The lowest BCUT2D eigenvalue weighted by Gasteiger charge is -2.20. The second-order valence-electron chi connectivity index (χ2n) is 4.89. The molecule has 1 unspecified atom stereocenters. The SMILES string of the molecule is OC(c1ccc2c(c1)CCCO2)c1cc(Cl)ccc1F. The largest absolute Gasteiger partial charge is 0.493 e. The molecule has 3 rings (SSSR count). The minimum Gasteiger partial charge on any atom is -0.493 e. The quantitative estimate of drug-likeness (QED) is 0.910. The highest BCUT2D eigenvalue weighted by molar-refractivity contribution is 6.30. The van der Waals surface area contributed by atoms with E-state index in [9.17, 15) is 9.50 Å². The van der Waals surface area contributed by atoms with E-state index >= 15 is 0 Å². The topological polar surface area (TPSA) is 29.5 Å². The van der Waals surface area contributed by atoms with Crippen molar-refractivity contribution in [2.45, 2.75) is 18.9 Å².